The van der Waals surface area contributed by atoms with E-state index >= 15 is 0 Å². The van der Waals surface area contributed by atoms with E-state index in [9.17, 15) is 21.6 Å². The lowest BCUT2D eigenvalue weighted by Crippen LogP contribution is -2.35. The van der Waals surface area contributed by atoms with Gasteiger partial charge >= 0.3 is 6.18 Å². The molecule has 0 spiro atoms. The third-order valence-electron chi connectivity index (χ3n) is 6.49. The average molecular weight is 456 g/mol. The highest BCUT2D eigenvalue weighted by Gasteiger charge is 2.43. The number of aromatic nitrogens is 4. The van der Waals surface area contributed by atoms with E-state index < -0.39 is 22.6 Å². The van der Waals surface area contributed by atoms with Gasteiger partial charge in [0, 0.05) is 18.2 Å². The lowest BCUT2D eigenvalue weighted by molar-refractivity contribution is -0.127. The van der Waals surface area contributed by atoms with Crippen molar-refractivity contribution in [3.8, 4) is 0 Å². The van der Waals surface area contributed by atoms with Crippen LogP contribution in [0.2, 0.25) is 0 Å². The van der Waals surface area contributed by atoms with E-state index in [1.807, 2.05) is 6.92 Å². The molecule has 0 aliphatic heterocycles. The van der Waals surface area contributed by atoms with E-state index in [4.69, 9.17) is 0 Å². The first-order valence-electron chi connectivity index (χ1n) is 10.6. The Kier molecular flexibility index (Phi) is 4.81. The Morgan fingerprint density at radius 3 is 2.71 bits per heavy atom. The van der Waals surface area contributed by atoms with Crippen molar-refractivity contribution in [3.63, 3.8) is 0 Å². The largest absolute Gasteiger partial charge is 0.394 e. The predicted octanol–water partition coefficient (Wildman–Crippen LogP) is 3.67. The monoisotopic (exact) mass is 455 g/mol. The average Bonchev–Trinajstić information content (AvgIpc) is 3.17. The quantitative estimate of drug-likeness (QED) is 0.593. The van der Waals surface area contributed by atoms with Crippen molar-refractivity contribution in [1.29, 1.82) is 0 Å². The Hall–Kier alpha value is -2.14. The van der Waals surface area contributed by atoms with Gasteiger partial charge in [-0.15, -0.1) is 0 Å². The molecule has 3 aromatic heterocycles. The molecular weight excluding hydrogens is 431 g/mol. The lowest BCUT2D eigenvalue weighted by Gasteiger charge is -2.17. The molecule has 0 aromatic carbocycles. The van der Waals surface area contributed by atoms with Gasteiger partial charge in [-0.25, -0.2) is 23.1 Å². The number of halogens is 3. The molecular formula is C20H24F3N5O2S. The zero-order valence-corrected chi connectivity index (χ0v) is 17.8. The molecule has 2 aliphatic rings. The molecule has 3 aromatic rings. The summed E-state index contributed by atoms with van der Waals surface area (Å²) < 4.78 is 69.2. The summed E-state index contributed by atoms with van der Waals surface area (Å²) in [4.78, 5) is 11.7. The van der Waals surface area contributed by atoms with Crippen molar-refractivity contribution in [2.75, 3.05) is 0 Å². The molecule has 0 bridgehead atoms. The second-order valence-corrected chi connectivity index (χ2v) is 10.7. The van der Waals surface area contributed by atoms with Crippen LogP contribution >= 0.6 is 0 Å². The van der Waals surface area contributed by atoms with Crippen LogP contribution in [0, 0.1) is 5.92 Å². The zero-order chi connectivity index (χ0) is 22.0. The SMILES string of the molecule is CC[C@@H]1C[C@H](NS(=O)(=O)C2CC2)C[C@@H]1c1nc(CC(F)(F)F)c2cnc3[nH]ccc3n12. The van der Waals surface area contributed by atoms with Gasteiger partial charge in [-0.3, -0.25) is 4.40 Å². The first-order valence-corrected chi connectivity index (χ1v) is 12.1. The fourth-order valence-electron chi connectivity index (χ4n) is 4.91. The van der Waals surface area contributed by atoms with E-state index in [-0.39, 0.29) is 28.8 Å². The van der Waals surface area contributed by atoms with E-state index in [1.54, 1.807) is 16.7 Å². The van der Waals surface area contributed by atoms with Crippen LogP contribution in [0.3, 0.4) is 0 Å². The van der Waals surface area contributed by atoms with Gasteiger partial charge in [0.05, 0.1) is 34.6 Å². The molecule has 5 rings (SSSR count). The number of hydrogen-bond acceptors (Lipinski definition) is 4. The standard InChI is InChI=1S/C20H24F3N5O2S/c1-2-11-7-12(27-31(29,30)13-3-4-13)8-14(11)19-26-15(9-20(21,22)23)17-10-25-18-16(28(17)19)5-6-24-18/h5-6,10-14,24,27H,2-4,7-9H2,1H3/t11-,12+,14+/m1/s1. The summed E-state index contributed by atoms with van der Waals surface area (Å²) in [5.41, 5.74) is 1.54. The van der Waals surface area contributed by atoms with E-state index in [0.29, 0.717) is 48.2 Å². The highest BCUT2D eigenvalue weighted by atomic mass is 32.2. The predicted molar refractivity (Wildman–Crippen MR) is 109 cm³/mol. The maximum Gasteiger partial charge on any atom is 0.394 e. The minimum atomic E-state index is -4.39. The Bertz CT molecular complexity index is 1230. The summed E-state index contributed by atoms with van der Waals surface area (Å²) in [7, 11) is -3.34. The van der Waals surface area contributed by atoms with Crippen LogP contribution in [0.5, 0.6) is 0 Å². The van der Waals surface area contributed by atoms with Crippen LogP contribution in [0.25, 0.3) is 16.7 Å². The highest BCUT2D eigenvalue weighted by molar-refractivity contribution is 7.90. The van der Waals surface area contributed by atoms with Crippen LogP contribution < -0.4 is 4.72 Å². The molecule has 11 heteroatoms. The summed E-state index contributed by atoms with van der Waals surface area (Å²) in [6.45, 7) is 2.02. The van der Waals surface area contributed by atoms with Crippen molar-refractivity contribution >= 4 is 26.7 Å². The second kappa shape index (κ2) is 7.19. The molecule has 31 heavy (non-hydrogen) atoms. The van der Waals surface area contributed by atoms with Gasteiger partial charge in [-0.05, 0) is 37.7 Å². The Labute approximate surface area is 177 Å². The third-order valence-corrected chi connectivity index (χ3v) is 8.50. The van der Waals surface area contributed by atoms with Gasteiger partial charge in [0.1, 0.15) is 5.82 Å². The summed E-state index contributed by atoms with van der Waals surface area (Å²) in [5.74, 6) is 0.534. The van der Waals surface area contributed by atoms with Crippen molar-refractivity contribution in [2.45, 2.75) is 68.8 Å². The number of rotatable bonds is 6. The fourth-order valence-corrected chi connectivity index (χ4v) is 6.52. The molecule has 3 heterocycles. The fraction of sp³-hybridized carbons (Fsp3) is 0.600. The smallest absolute Gasteiger partial charge is 0.345 e. The maximum atomic E-state index is 13.2. The van der Waals surface area contributed by atoms with Crippen LogP contribution in [-0.2, 0) is 16.4 Å². The van der Waals surface area contributed by atoms with Gasteiger partial charge in [0.25, 0.3) is 0 Å². The number of H-pyrrole nitrogens is 1. The molecule has 2 saturated carbocycles. The first kappa shape index (κ1) is 20.7. The van der Waals surface area contributed by atoms with Crippen LogP contribution in [0.15, 0.2) is 18.5 Å². The van der Waals surface area contributed by atoms with Gasteiger partial charge in [-0.2, -0.15) is 13.2 Å². The number of hydrogen-bond donors (Lipinski definition) is 2. The second-order valence-electron chi connectivity index (χ2n) is 8.70. The van der Waals surface area contributed by atoms with Gasteiger partial charge < -0.3 is 4.98 Å². The van der Waals surface area contributed by atoms with Crippen molar-refractivity contribution in [3.05, 3.63) is 30.0 Å². The number of aromatic amines is 1. The number of imidazole rings is 1. The minimum Gasteiger partial charge on any atom is -0.345 e. The van der Waals surface area contributed by atoms with Crippen molar-refractivity contribution in [1.82, 2.24) is 24.1 Å². The first-order chi connectivity index (χ1) is 14.7. The molecule has 2 fully saturated rings. The van der Waals surface area contributed by atoms with Gasteiger partial charge in [-0.1, -0.05) is 13.3 Å². The van der Waals surface area contributed by atoms with Gasteiger partial charge in [0.2, 0.25) is 10.0 Å². The summed E-state index contributed by atoms with van der Waals surface area (Å²) >= 11 is 0. The van der Waals surface area contributed by atoms with Crippen molar-refractivity contribution in [2.24, 2.45) is 5.92 Å². The highest BCUT2D eigenvalue weighted by Crippen LogP contribution is 2.43. The molecule has 0 radical (unpaired) electrons. The molecule has 0 unspecified atom stereocenters. The van der Waals surface area contributed by atoms with E-state index in [0.717, 1.165) is 6.42 Å². The third kappa shape index (κ3) is 3.82. The molecule has 7 nitrogen and oxygen atoms in total. The Morgan fingerprint density at radius 1 is 1.26 bits per heavy atom. The number of nitrogens with zero attached hydrogens (tertiary/aromatic N) is 3. The van der Waals surface area contributed by atoms with E-state index in [1.165, 1.54) is 6.20 Å². The molecule has 0 amide bonds. The number of nitrogens with one attached hydrogen (secondary N) is 2. The molecule has 0 saturated heterocycles. The number of sulfonamides is 1. The lowest BCUT2D eigenvalue weighted by atomic mass is 9.93. The Balaban J connectivity index is 1.57. The molecule has 3 atom stereocenters. The van der Waals surface area contributed by atoms with E-state index in [2.05, 4.69) is 19.7 Å². The molecule has 2 aliphatic carbocycles. The topological polar surface area (TPSA) is 92.2 Å². The zero-order valence-electron chi connectivity index (χ0n) is 17.0. The molecule has 168 valence electrons. The van der Waals surface area contributed by atoms with Crippen LogP contribution in [0.4, 0.5) is 13.2 Å². The minimum absolute atomic E-state index is 0.0463. The summed E-state index contributed by atoms with van der Waals surface area (Å²) in [5, 5.41) is -0.303. The van der Waals surface area contributed by atoms with Crippen molar-refractivity contribution < 1.29 is 21.6 Å². The van der Waals surface area contributed by atoms with Gasteiger partial charge in [0.15, 0.2) is 5.65 Å². The maximum absolute atomic E-state index is 13.2. The summed E-state index contributed by atoms with van der Waals surface area (Å²) in [6, 6.07) is 1.55. The van der Waals surface area contributed by atoms with Crippen LogP contribution in [0.1, 0.15) is 56.5 Å². The number of alkyl halides is 3. The number of fused-ring (bicyclic) bond motifs is 3. The summed E-state index contributed by atoms with van der Waals surface area (Å²) in [6.07, 6.45) is 0.942. The van der Waals surface area contributed by atoms with Crippen LogP contribution in [-0.4, -0.2) is 45.2 Å². The molecule has 2 N–H and O–H groups in total. The normalized spacial score (nSPS) is 25.1. The Morgan fingerprint density at radius 2 is 2.03 bits per heavy atom.